The lowest BCUT2D eigenvalue weighted by molar-refractivity contribution is -0.121. The zero-order chi connectivity index (χ0) is 17.0. The number of likely N-dealkylation sites (tertiary alicyclic amines) is 1. The van der Waals surface area contributed by atoms with Crippen molar-refractivity contribution in [2.75, 3.05) is 25.5 Å². The maximum Gasteiger partial charge on any atom is 0.407 e. The largest absolute Gasteiger partial charge is 0.465 e. The topological polar surface area (TPSA) is 95.9 Å². The number of rotatable bonds is 3. The van der Waals surface area contributed by atoms with E-state index in [1.807, 2.05) is 0 Å². The number of nitrogens with one attached hydrogen (secondary N) is 1. The van der Waals surface area contributed by atoms with Crippen molar-refractivity contribution in [1.82, 2.24) is 4.90 Å². The molecule has 1 aliphatic rings. The summed E-state index contributed by atoms with van der Waals surface area (Å²) < 4.78 is 4.67. The van der Waals surface area contributed by atoms with Gasteiger partial charge in [-0.3, -0.25) is 4.79 Å². The number of hydrogen-bond acceptors (Lipinski definition) is 4. The van der Waals surface area contributed by atoms with Gasteiger partial charge in [-0.2, -0.15) is 0 Å². The summed E-state index contributed by atoms with van der Waals surface area (Å²) in [6.45, 7) is 0.565. The van der Waals surface area contributed by atoms with Crippen molar-refractivity contribution in [3.8, 4) is 0 Å². The molecule has 1 fully saturated rings. The average Bonchev–Trinajstić information content (AvgIpc) is 2.55. The van der Waals surface area contributed by atoms with Gasteiger partial charge in [-0.1, -0.05) is 11.6 Å². The molecular weight excluding hydrogens is 324 g/mol. The molecule has 2 amide bonds. The predicted molar refractivity (Wildman–Crippen MR) is 83.7 cm³/mol. The van der Waals surface area contributed by atoms with Gasteiger partial charge in [-0.05, 0) is 31.0 Å². The second-order valence-electron chi connectivity index (χ2n) is 5.24. The summed E-state index contributed by atoms with van der Waals surface area (Å²) >= 11 is 5.86. The summed E-state index contributed by atoms with van der Waals surface area (Å²) in [5.41, 5.74) is 0.443. The minimum atomic E-state index is -1.04. The van der Waals surface area contributed by atoms with Crippen LogP contribution in [0.15, 0.2) is 18.2 Å². The molecule has 1 aromatic carbocycles. The van der Waals surface area contributed by atoms with Crippen molar-refractivity contribution in [2.45, 2.75) is 12.8 Å². The van der Waals surface area contributed by atoms with Gasteiger partial charge >= 0.3 is 12.1 Å². The number of carbonyl (C=O) groups is 3. The van der Waals surface area contributed by atoms with Crippen LogP contribution in [-0.2, 0) is 9.53 Å². The Morgan fingerprint density at radius 1 is 1.39 bits per heavy atom. The molecule has 1 aliphatic heterocycles. The summed E-state index contributed by atoms with van der Waals surface area (Å²) in [6.07, 6.45) is 0.176. The Morgan fingerprint density at radius 3 is 2.78 bits per heavy atom. The van der Waals surface area contributed by atoms with E-state index in [9.17, 15) is 14.4 Å². The first-order valence-corrected chi connectivity index (χ1v) is 7.46. The second kappa shape index (κ2) is 7.32. The van der Waals surface area contributed by atoms with E-state index >= 15 is 0 Å². The Kier molecular flexibility index (Phi) is 5.44. The summed E-state index contributed by atoms with van der Waals surface area (Å²) in [5.74, 6) is -1.40. The van der Waals surface area contributed by atoms with Crippen molar-refractivity contribution in [1.29, 1.82) is 0 Å². The highest BCUT2D eigenvalue weighted by molar-refractivity contribution is 6.31. The minimum Gasteiger partial charge on any atom is -0.465 e. The lowest BCUT2D eigenvalue weighted by Gasteiger charge is -2.30. The number of hydrogen-bond donors (Lipinski definition) is 2. The van der Waals surface area contributed by atoms with Crippen LogP contribution in [-0.4, -0.2) is 48.2 Å². The number of benzene rings is 1. The monoisotopic (exact) mass is 340 g/mol. The van der Waals surface area contributed by atoms with Crippen molar-refractivity contribution in [3.63, 3.8) is 0 Å². The lowest BCUT2D eigenvalue weighted by Crippen LogP contribution is -2.43. The van der Waals surface area contributed by atoms with Crippen LogP contribution in [0.4, 0.5) is 10.5 Å². The van der Waals surface area contributed by atoms with Crippen molar-refractivity contribution in [2.24, 2.45) is 5.92 Å². The molecule has 124 valence electrons. The predicted octanol–water partition coefficient (Wildman–Crippen LogP) is 2.46. The highest BCUT2D eigenvalue weighted by Crippen LogP contribution is 2.24. The van der Waals surface area contributed by atoms with Crippen molar-refractivity contribution in [3.05, 3.63) is 28.8 Å². The van der Waals surface area contributed by atoms with Gasteiger partial charge in [0.05, 0.1) is 24.3 Å². The molecule has 1 atom stereocenters. The standard InChI is InChI=1S/C15H17ClN2O5/c1-23-14(20)11-7-10(16)4-5-12(11)17-13(19)9-3-2-6-18(8-9)15(21)22/h4-5,7,9H,2-3,6,8H2,1H3,(H,17,19)(H,21,22). The Bertz CT molecular complexity index is 634. The van der Waals surface area contributed by atoms with E-state index < -0.39 is 18.0 Å². The van der Waals surface area contributed by atoms with Gasteiger partial charge < -0.3 is 20.1 Å². The molecule has 0 aromatic heterocycles. The number of esters is 1. The summed E-state index contributed by atoms with van der Waals surface area (Å²) in [6, 6.07) is 4.48. The molecule has 2 N–H and O–H groups in total. The third kappa shape index (κ3) is 4.13. The quantitative estimate of drug-likeness (QED) is 0.824. The number of carbonyl (C=O) groups excluding carboxylic acids is 2. The van der Waals surface area contributed by atoms with Gasteiger partial charge in [-0.25, -0.2) is 9.59 Å². The van der Waals surface area contributed by atoms with Gasteiger partial charge in [0.2, 0.25) is 5.91 Å². The molecule has 23 heavy (non-hydrogen) atoms. The zero-order valence-corrected chi connectivity index (χ0v) is 13.3. The molecule has 8 heteroatoms. The molecule has 1 aromatic rings. The first-order chi connectivity index (χ1) is 10.9. The number of amides is 2. The molecular formula is C15H17ClN2O5. The van der Waals surface area contributed by atoms with Crippen LogP contribution in [0, 0.1) is 5.92 Å². The van der Waals surface area contributed by atoms with Crippen LogP contribution in [0.5, 0.6) is 0 Å². The molecule has 0 spiro atoms. The third-order valence-corrected chi connectivity index (χ3v) is 3.94. The first-order valence-electron chi connectivity index (χ1n) is 7.09. The second-order valence-corrected chi connectivity index (χ2v) is 5.67. The van der Waals surface area contributed by atoms with Gasteiger partial charge in [0.15, 0.2) is 0 Å². The summed E-state index contributed by atoms with van der Waals surface area (Å²) in [4.78, 5) is 36.4. The molecule has 7 nitrogen and oxygen atoms in total. The summed E-state index contributed by atoms with van der Waals surface area (Å²) in [7, 11) is 1.24. The number of nitrogens with zero attached hydrogens (tertiary/aromatic N) is 1. The van der Waals surface area contributed by atoms with Crippen LogP contribution in [0.25, 0.3) is 0 Å². The van der Waals surface area contributed by atoms with Crippen molar-refractivity contribution >= 4 is 35.3 Å². The Hall–Kier alpha value is -2.28. The molecule has 0 aliphatic carbocycles. The van der Waals surface area contributed by atoms with E-state index in [1.54, 1.807) is 6.07 Å². The summed E-state index contributed by atoms with van der Waals surface area (Å²) in [5, 5.41) is 12.0. The van der Waals surface area contributed by atoms with E-state index in [2.05, 4.69) is 10.1 Å². The minimum absolute atomic E-state index is 0.141. The SMILES string of the molecule is COC(=O)c1cc(Cl)ccc1NC(=O)C1CCCN(C(=O)O)C1. The number of carboxylic acid groups (broad SMARTS) is 1. The van der Waals surface area contributed by atoms with E-state index in [-0.39, 0.29) is 18.0 Å². The average molecular weight is 341 g/mol. The zero-order valence-electron chi connectivity index (χ0n) is 12.5. The van der Waals surface area contributed by atoms with Gasteiger partial charge in [0.25, 0.3) is 0 Å². The number of methoxy groups -OCH3 is 1. The fourth-order valence-corrected chi connectivity index (χ4v) is 2.68. The highest BCUT2D eigenvalue weighted by Gasteiger charge is 2.29. The Labute approximate surface area is 138 Å². The maximum atomic E-state index is 12.4. The third-order valence-electron chi connectivity index (χ3n) is 3.71. The van der Waals surface area contributed by atoms with Crippen molar-refractivity contribution < 1.29 is 24.2 Å². The number of piperidine rings is 1. The molecule has 0 saturated carbocycles. The molecule has 0 bridgehead atoms. The fraction of sp³-hybridized carbons (Fsp3) is 0.400. The molecule has 2 rings (SSSR count). The van der Waals surface area contributed by atoms with Crippen LogP contribution in [0.2, 0.25) is 5.02 Å². The smallest absolute Gasteiger partial charge is 0.407 e. The van der Waals surface area contributed by atoms with Crippen LogP contribution in [0.3, 0.4) is 0 Å². The van der Waals surface area contributed by atoms with Gasteiger partial charge in [-0.15, -0.1) is 0 Å². The molecule has 1 unspecified atom stereocenters. The van der Waals surface area contributed by atoms with E-state index in [0.717, 1.165) is 0 Å². The number of anilines is 1. The number of halogens is 1. The molecule has 1 saturated heterocycles. The van der Waals surface area contributed by atoms with Gasteiger partial charge in [0.1, 0.15) is 0 Å². The van der Waals surface area contributed by atoms with E-state index in [4.69, 9.17) is 16.7 Å². The Balaban J connectivity index is 2.14. The van der Waals surface area contributed by atoms with Crippen LogP contribution >= 0.6 is 11.6 Å². The van der Waals surface area contributed by atoms with E-state index in [1.165, 1.54) is 24.1 Å². The molecule has 0 radical (unpaired) electrons. The van der Waals surface area contributed by atoms with Gasteiger partial charge in [0, 0.05) is 18.1 Å². The normalized spacial score (nSPS) is 17.5. The fourth-order valence-electron chi connectivity index (χ4n) is 2.50. The van der Waals surface area contributed by atoms with Crippen LogP contribution in [0.1, 0.15) is 23.2 Å². The lowest BCUT2D eigenvalue weighted by atomic mass is 9.97. The maximum absolute atomic E-state index is 12.4. The first kappa shape index (κ1) is 17.1. The highest BCUT2D eigenvalue weighted by atomic mass is 35.5. The number of ether oxygens (including phenoxy) is 1. The van der Waals surface area contributed by atoms with Crippen LogP contribution < -0.4 is 5.32 Å². The van der Waals surface area contributed by atoms with E-state index in [0.29, 0.717) is 30.1 Å². The molecule has 1 heterocycles. The Morgan fingerprint density at radius 2 is 2.13 bits per heavy atom.